The largest absolute Gasteiger partial charge is 0.507 e. The highest BCUT2D eigenvalue weighted by atomic mass is 79.9. The number of benzene rings is 2. The SMILES string of the molecule is CN(C)CCCN1C(=O)C(=O)/C(=C(/O)c2ccc(Br)cc2)C1c1c[nH]c2ccccc12. The molecule has 1 atom stereocenters. The summed E-state index contributed by atoms with van der Waals surface area (Å²) in [5.74, 6) is -1.38. The van der Waals surface area contributed by atoms with Crippen molar-refractivity contribution in [3.63, 3.8) is 0 Å². The van der Waals surface area contributed by atoms with Gasteiger partial charge in [0.1, 0.15) is 5.76 Å². The van der Waals surface area contributed by atoms with Gasteiger partial charge in [-0.05, 0) is 45.3 Å². The van der Waals surface area contributed by atoms with Crippen LogP contribution in [0.4, 0.5) is 0 Å². The molecular weight excluding hydrogens is 458 g/mol. The van der Waals surface area contributed by atoms with Crippen molar-refractivity contribution in [3.05, 3.63) is 75.9 Å². The van der Waals surface area contributed by atoms with Crippen molar-refractivity contribution in [2.45, 2.75) is 12.5 Å². The molecule has 2 N–H and O–H groups in total. The van der Waals surface area contributed by atoms with E-state index >= 15 is 0 Å². The third-order valence-electron chi connectivity index (χ3n) is 5.58. The lowest BCUT2D eigenvalue weighted by Crippen LogP contribution is -2.32. The molecule has 0 saturated carbocycles. The number of para-hydroxylation sites is 1. The zero-order valence-electron chi connectivity index (χ0n) is 17.4. The van der Waals surface area contributed by atoms with E-state index in [2.05, 4.69) is 20.9 Å². The molecule has 1 fully saturated rings. The number of Topliss-reactive ketones (excluding diaryl/α,β-unsaturated/α-hetero) is 1. The predicted molar refractivity (Wildman–Crippen MR) is 125 cm³/mol. The van der Waals surface area contributed by atoms with E-state index < -0.39 is 17.7 Å². The van der Waals surface area contributed by atoms with Crippen molar-refractivity contribution in [3.8, 4) is 0 Å². The Kier molecular flexibility index (Phi) is 5.98. The predicted octanol–water partition coefficient (Wildman–Crippen LogP) is 4.30. The molecule has 1 aromatic heterocycles. The summed E-state index contributed by atoms with van der Waals surface area (Å²) in [5, 5.41) is 12.0. The van der Waals surface area contributed by atoms with Gasteiger partial charge in [-0.15, -0.1) is 0 Å². The summed E-state index contributed by atoms with van der Waals surface area (Å²) in [6.45, 7) is 1.21. The minimum Gasteiger partial charge on any atom is -0.507 e. The van der Waals surface area contributed by atoms with Crippen LogP contribution < -0.4 is 0 Å². The molecule has 1 aliphatic rings. The number of H-pyrrole nitrogens is 1. The second-order valence-corrected chi connectivity index (χ2v) is 8.86. The monoisotopic (exact) mass is 481 g/mol. The first-order chi connectivity index (χ1) is 14.9. The molecule has 0 spiro atoms. The van der Waals surface area contributed by atoms with Gasteiger partial charge in [-0.1, -0.05) is 46.3 Å². The normalized spacial score (nSPS) is 18.5. The highest BCUT2D eigenvalue weighted by Crippen LogP contribution is 2.42. The number of aromatic amines is 1. The fourth-order valence-corrected chi connectivity index (χ4v) is 4.34. The number of hydrogen-bond donors (Lipinski definition) is 2. The summed E-state index contributed by atoms with van der Waals surface area (Å²) in [5.41, 5.74) is 2.35. The summed E-state index contributed by atoms with van der Waals surface area (Å²) in [7, 11) is 3.94. The van der Waals surface area contributed by atoms with Gasteiger partial charge >= 0.3 is 0 Å². The van der Waals surface area contributed by atoms with Gasteiger partial charge < -0.3 is 19.9 Å². The maximum atomic E-state index is 13.1. The standard InChI is InChI=1S/C24H24BrN3O3/c1-27(2)12-5-13-28-21(18-14-26-19-7-4-3-6-17(18)19)20(23(30)24(28)31)22(29)15-8-10-16(25)11-9-15/h3-4,6-11,14,21,26,29H,5,12-13H2,1-2H3/b22-20+. The van der Waals surface area contributed by atoms with Crippen LogP contribution in [0.25, 0.3) is 16.7 Å². The number of ketones is 1. The zero-order chi connectivity index (χ0) is 22.1. The average Bonchev–Trinajstić information content (AvgIpc) is 3.28. The zero-order valence-corrected chi connectivity index (χ0v) is 19.0. The summed E-state index contributed by atoms with van der Waals surface area (Å²) in [6, 6.07) is 14.2. The van der Waals surface area contributed by atoms with E-state index in [1.165, 1.54) is 0 Å². The number of halogens is 1. The molecule has 160 valence electrons. The van der Waals surface area contributed by atoms with E-state index in [1.807, 2.05) is 49.5 Å². The van der Waals surface area contributed by atoms with Crippen LogP contribution in [0.2, 0.25) is 0 Å². The van der Waals surface area contributed by atoms with Gasteiger partial charge in [0.05, 0.1) is 11.6 Å². The number of fused-ring (bicyclic) bond motifs is 1. The van der Waals surface area contributed by atoms with Gasteiger partial charge in [0.2, 0.25) is 0 Å². The van der Waals surface area contributed by atoms with Gasteiger partial charge in [-0.3, -0.25) is 9.59 Å². The number of nitrogens with zero attached hydrogens (tertiary/aromatic N) is 2. The third kappa shape index (κ3) is 4.03. The smallest absolute Gasteiger partial charge is 0.295 e. The number of carbonyl (C=O) groups excluding carboxylic acids is 2. The van der Waals surface area contributed by atoms with Crippen molar-refractivity contribution in [2.75, 3.05) is 27.2 Å². The average molecular weight is 482 g/mol. The molecule has 4 rings (SSSR count). The lowest BCUT2D eigenvalue weighted by atomic mass is 9.95. The summed E-state index contributed by atoms with van der Waals surface area (Å²) >= 11 is 3.38. The Labute approximate surface area is 189 Å². The molecule has 0 radical (unpaired) electrons. The Balaban J connectivity index is 1.85. The maximum Gasteiger partial charge on any atom is 0.295 e. The summed E-state index contributed by atoms with van der Waals surface area (Å²) < 4.78 is 0.862. The molecule has 3 aromatic rings. The molecule has 7 heteroatoms. The van der Waals surface area contributed by atoms with E-state index in [9.17, 15) is 14.7 Å². The lowest BCUT2D eigenvalue weighted by molar-refractivity contribution is -0.139. The fourth-order valence-electron chi connectivity index (χ4n) is 4.07. The van der Waals surface area contributed by atoms with Gasteiger partial charge in [-0.25, -0.2) is 0 Å². The fraction of sp³-hybridized carbons (Fsp3) is 0.250. The molecule has 1 amide bonds. The summed E-state index contributed by atoms with van der Waals surface area (Å²) in [6.07, 6.45) is 2.55. The molecular formula is C24H24BrN3O3. The molecule has 2 aromatic carbocycles. The first kappa shape index (κ1) is 21.3. The highest BCUT2D eigenvalue weighted by Gasteiger charge is 2.46. The van der Waals surface area contributed by atoms with Crippen molar-refractivity contribution < 1.29 is 14.7 Å². The first-order valence-electron chi connectivity index (χ1n) is 10.1. The number of aliphatic hydroxyl groups excluding tert-OH is 1. The molecule has 6 nitrogen and oxygen atoms in total. The minimum atomic E-state index is -0.652. The van der Waals surface area contributed by atoms with E-state index in [4.69, 9.17) is 0 Å². The van der Waals surface area contributed by atoms with E-state index in [1.54, 1.807) is 29.2 Å². The van der Waals surface area contributed by atoms with Crippen molar-refractivity contribution in [1.29, 1.82) is 0 Å². The maximum absolute atomic E-state index is 13.1. The van der Waals surface area contributed by atoms with Crippen LogP contribution >= 0.6 is 15.9 Å². The molecule has 31 heavy (non-hydrogen) atoms. The lowest BCUT2D eigenvalue weighted by Gasteiger charge is -2.25. The van der Waals surface area contributed by atoms with Crippen LogP contribution in [0.1, 0.15) is 23.6 Å². The van der Waals surface area contributed by atoms with Crippen molar-refractivity contribution in [1.82, 2.24) is 14.8 Å². The van der Waals surface area contributed by atoms with Crippen LogP contribution in [0.3, 0.4) is 0 Å². The number of likely N-dealkylation sites (tertiary alicyclic amines) is 1. The second-order valence-electron chi connectivity index (χ2n) is 7.95. The van der Waals surface area contributed by atoms with Gasteiger partial charge in [0.15, 0.2) is 0 Å². The van der Waals surface area contributed by atoms with Crippen LogP contribution in [0.15, 0.2) is 64.8 Å². The molecule has 1 aliphatic heterocycles. The number of nitrogens with one attached hydrogen (secondary N) is 1. The number of aliphatic hydroxyl groups is 1. The number of rotatable bonds is 6. The van der Waals surface area contributed by atoms with Crippen LogP contribution in [-0.2, 0) is 9.59 Å². The Hall–Kier alpha value is -2.90. The Bertz CT molecular complexity index is 1160. The van der Waals surface area contributed by atoms with E-state index in [0.29, 0.717) is 12.1 Å². The number of amides is 1. The highest BCUT2D eigenvalue weighted by molar-refractivity contribution is 9.10. The number of carbonyl (C=O) groups is 2. The Morgan fingerprint density at radius 1 is 1.13 bits per heavy atom. The molecule has 1 unspecified atom stereocenters. The molecule has 2 heterocycles. The van der Waals surface area contributed by atoms with Crippen LogP contribution in [0.5, 0.6) is 0 Å². The Morgan fingerprint density at radius 2 is 1.84 bits per heavy atom. The van der Waals surface area contributed by atoms with E-state index in [-0.39, 0.29) is 11.3 Å². The quantitative estimate of drug-likeness (QED) is 0.312. The number of aromatic nitrogens is 1. The van der Waals surface area contributed by atoms with Crippen LogP contribution in [-0.4, -0.2) is 58.8 Å². The van der Waals surface area contributed by atoms with Crippen molar-refractivity contribution >= 4 is 44.3 Å². The first-order valence-corrected chi connectivity index (χ1v) is 10.9. The molecule has 1 saturated heterocycles. The van der Waals surface area contributed by atoms with Crippen molar-refractivity contribution in [2.24, 2.45) is 0 Å². The Morgan fingerprint density at radius 3 is 2.55 bits per heavy atom. The van der Waals surface area contributed by atoms with Gasteiger partial charge in [0, 0.05) is 39.2 Å². The topological polar surface area (TPSA) is 76.6 Å². The molecule has 0 aliphatic carbocycles. The van der Waals surface area contributed by atoms with Crippen LogP contribution in [0, 0.1) is 0 Å². The second kappa shape index (κ2) is 8.69. The third-order valence-corrected chi connectivity index (χ3v) is 6.11. The van der Waals surface area contributed by atoms with Gasteiger partial charge in [-0.2, -0.15) is 0 Å². The van der Waals surface area contributed by atoms with Gasteiger partial charge in [0.25, 0.3) is 11.7 Å². The number of hydrogen-bond acceptors (Lipinski definition) is 4. The molecule has 0 bridgehead atoms. The summed E-state index contributed by atoms with van der Waals surface area (Å²) in [4.78, 5) is 33.0. The minimum absolute atomic E-state index is 0.127. The van der Waals surface area contributed by atoms with E-state index in [0.717, 1.165) is 33.9 Å².